The molecule has 2 rings (SSSR count). The van der Waals surface area contributed by atoms with Crippen LogP contribution in [-0.2, 0) is 11.2 Å². The molecule has 92 valence electrons. The number of aryl methyl sites for hydroxylation is 1. The van der Waals surface area contributed by atoms with Gasteiger partial charge in [-0.15, -0.1) is 0 Å². The number of rotatable bonds is 4. The number of hydrogen-bond donors (Lipinski definition) is 0. The number of carbonyl (C=O) groups excluding carboxylic acids is 1. The summed E-state index contributed by atoms with van der Waals surface area (Å²) in [5, 5.41) is 0. The van der Waals surface area contributed by atoms with Crippen molar-refractivity contribution in [3.63, 3.8) is 0 Å². The van der Waals surface area contributed by atoms with Gasteiger partial charge in [0.2, 0.25) is 0 Å². The topological polar surface area (TPSA) is 26.3 Å². The van der Waals surface area contributed by atoms with Gasteiger partial charge in [0.25, 0.3) is 0 Å². The zero-order chi connectivity index (χ0) is 12.1. The number of hydrogen-bond acceptors (Lipinski definition) is 2. The minimum absolute atomic E-state index is 0.151. The van der Waals surface area contributed by atoms with E-state index in [1.807, 2.05) is 24.3 Å². The lowest BCUT2D eigenvalue weighted by Crippen LogP contribution is -2.14. The quantitative estimate of drug-likeness (QED) is 0.739. The van der Waals surface area contributed by atoms with E-state index in [1.54, 1.807) is 0 Å². The maximum absolute atomic E-state index is 11.8. The van der Waals surface area contributed by atoms with Gasteiger partial charge < -0.3 is 4.74 Å². The SMILES string of the molecule is CCCc1ccc(C(=O)OC2CCCC2)cc1. The fourth-order valence-electron chi connectivity index (χ4n) is 2.32. The first kappa shape index (κ1) is 12.2. The lowest BCUT2D eigenvalue weighted by atomic mass is 10.1. The average molecular weight is 232 g/mol. The van der Waals surface area contributed by atoms with Gasteiger partial charge in [0.1, 0.15) is 6.10 Å². The second kappa shape index (κ2) is 5.85. The number of benzene rings is 1. The molecular weight excluding hydrogens is 212 g/mol. The Balaban J connectivity index is 1.93. The summed E-state index contributed by atoms with van der Waals surface area (Å²) in [6.45, 7) is 2.16. The smallest absolute Gasteiger partial charge is 0.338 e. The van der Waals surface area contributed by atoms with E-state index in [2.05, 4.69) is 6.92 Å². The third kappa shape index (κ3) is 3.32. The van der Waals surface area contributed by atoms with Crippen LogP contribution in [0.3, 0.4) is 0 Å². The lowest BCUT2D eigenvalue weighted by Gasteiger charge is -2.11. The molecule has 0 bridgehead atoms. The van der Waals surface area contributed by atoms with Crippen molar-refractivity contribution < 1.29 is 9.53 Å². The van der Waals surface area contributed by atoms with Gasteiger partial charge >= 0.3 is 5.97 Å². The van der Waals surface area contributed by atoms with Gasteiger partial charge in [0.15, 0.2) is 0 Å². The van der Waals surface area contributed by atoms with Crippen LogP contribution in [0.4, 0.5) is 0 Å². The molecule has 0 atom stereocenters. The van der Waals surface area contributed by atoms with Crippen LogP contribution in [0.15, 0.2) is 24.3 Å². The maximum Gasteiger partial charge on any atom is 0.338 e. The molecular formula is C15H20O2. The van der Waals surface area contributed by atoms with Crippen molar-refractivity contribution in [2.24, 2.45) is 0 Å². The first-order valence-electron chi connectivity index (χ1n) is 6.59. The van der Waals surface area contributed by atoms with Crippen molar-refractivity contribution in [2.45, 2.75) is 51.6 Å². The molecule has 0 saturated heterocycles. The van der Waals surface area contributed by atoms with E-state index in [4.69, 9.17) is 4.74 Å². The standard InChI is InChI=1S/C15H20O2/c1-2-5-12-8-10-13(11-9-12)15(16)17-14-6-3-4-7-14/h8-11,14H,2-7H2,1H3. The van der Waals surface area contributed by atoms with Crippen LogP contribution in [0.2, 0.25) is 0 Å². The number of esters is 1. The Kier molecular flexibility index (Phi) is 4.18. The molecule has 2 nitrogen and oxygen atoms in total. The van der Waals surface area contributed by atoms with Crippen LogP contribution in [0.5, 0.6) is 0 Å². The predicted molar refractivity (Wildman–Crippen MR) is 68.1 cm³/mol. The normalized spacial score (nSPS) is 16.1. The van der Waals surface area contributed by atoms with Crippen molar-refractivity contribution in [1.82, 2.24) is 0 Å². The van der Waals surface area contributed by atoms with Gasteiger partial charge in [-0.2, -0.15) is 0 Å². The van der Waals surface area contributed by atoms with Gasteiger partial charge in [-0.25, -0.2) is 4.79 Å². The fourth-order valence-corrected chi connectivity index (χ4v) is 2.32. The molecule has 1 fully saturated rings. The van der Waals surface area contributed by atoms with E-state index in [-0.39, 0.29) is 12.1 Å². The number of ether oxygens (including phenoxy) is 1. The van der Waals surface area contributed by atoms with Gasteiger partial charge in [-0.3, -0.25) is 0 Å². The van der Waals surface area contributed by atoms with E-state index in [0.717, 1.165) is 25.7 Å². The highest BCUT2D eigenvalue weighted by atomic mass is 16.5. The van der Waals surface area contributed by atoms with E-state index in [1.165, 1.54) is 18.4 Å². The molecule has 0 radical (unpaired) electrons. The summed E-state index contributed by atoms with van der Waals surface area (Å²) in [5.41, 5.74) is 1.96. The highest BCUT2D eigenvalue weighted by molar-refractivity contribution is 5.89. The van der Waals surface area contributed by atoms with Gasteiger partial charge in [-0.05, 0) is 49.8 Å². The molecule has 0 spiro atoms. The lowest BCUT2D eigenvalue weighted by molar-refractivity contribution is 0.0318. The zero-order valence-electron chi connectivity index (χ0n) is 10.4. The molecule has 0 N–H and O–H groups in total. The minimum Gasteiger partial charge on any atom is -0.459 e. The van der Waals surface area contributed by atoms with Gasteiger partial charge in [0, 0.05) is 0 Å². The van der Waals surface area contributed by atoms with Crippen molar-refractivity contribution in [3.05, 3.63) is 35.4 Å². The third-order valence-corrected chi connectivity index (χ3v) is 3.30. The van der Waals surface area contributed by atoms with Crippen molar-refractivity contribution in [3.8, 4) is 0 Å². The molecule has 0 aromatic heterocycles. The minimum atomic E-state index is -0.167. The molecule has 0 aliphatic heterocycles. The fraction of sp³-hybridized carbons (Fsp3) is 0.533. The Morgan fingerprint density at radius 1 is 1.24 bits per heavy atom. The molecule has 1 aromatic rings. The van der Waals surface area contributed by atoms with Crippen molar-refractivity contribution >= 4 is 5.97 Å². The molecule has 0 unspecified atom stereocenters. The summed E-state index contributed by atoms with van der Waals surface area (Å²) in [5.74, 6) is -0.167. The molecule has 1 saturated carbocycles. The second-order valence-electron chi connectivity index (χ2n) is 4.76. The Morgan fingerprint density at radius 2 is 1.88 bits per heavy atom. The summed E-state index contributed by atoms with van der Waals surface area (Å²) in [6.07, 6.45) is 6.78. The van der Waals surface area contributed by atoms with Crippen LogP contribution in [0.1, 0.15) is 54.9 Å². The Morgan fingerprint density at radius 3 is 2.47 bits per heavy atom. The average Bonchev–Trinajstić information content (AvgIpc) is 2.83. The van der Waals surface area contributed by atoms with Crippen LogP contribution >= 0.6 is 0 Å². The van der Waals surface area contributed by atoms with E-state index in [9.17, 15) is 4.79 Å². The summed E-state index contributed by atoms with van der Waals surface area (Å²) in [7, 11) is 0. The summed E-state index contributed by atoms with van der Waals surface area (Å²) in [4.78, 5) is 11.8. The monoisotopic (exact) mass is 232 g/mol. The maximum atomic E-state index is 11.8. The molecule has 1 aliphatic rings. The second-order valence-corrected chi connectivity index (χ2v) is 4.76. The molecule has 1 aromatic carbocycles. The molecule has 2 heteroatoms. The highest BCUT2D eigenvalue weighted by Crippen LogP contribution is 2.22. The predicted octanol–water partition coefficient (Wildman–Crippen LogP) is 3.74. The summed E-state index contributed by atoms with van der Waals surface area (Å²) in [6, 6.07) is 7.80. The first-order chi connectivity index (χ1) is 8.29. The highest BCUT2D eigenvalue weighted by Gasteiger charge is 2.19. The van der Waals surface area contributed by atoms with Crippen LogP contribution in [0, 0.1) is 0 Å². The Bertz CT molecular complexity index is 361. The summed E-state index contributed by atoms with van der Waals surface area (Å²) >= 11 is 0. The van der Waals surface area contributed by atoms with Crippen LogP contribution < -0.4 is 0 Å². The summed E-state index contributed by atoms with van der Waals surface area (Å²) < 4.78 is 5.46. The molecule has 0 amide bonds. The van der Waals surface area contributed by atoms with Crippen LogP contribution in [-0.4, -0.2) is 12.1 Å². The van der Waals surface area contributed by atoms with Crippen molar-refractivity contribution in [2.75, 3.05) is 0 Å². The largest absolute Gasteiger partial charge is 0.459 e. The molecule has 1 aliphatic carbocycles. The molecule has 0 heterocycles. The Labute approximate surface area is 103 Å². The van der Waals surface area contributed by atoms with E-state index < -0.39 is 0 Å². The zero-order valence-corrected chi connectivity index (χ0v) is 10.4. The van der Waals surface area contributed by atoms with Crippen molar-refractivity contribution in [1.29, 1.82) is 0 Å². The van der Waals surface area contributed by atoms with Gasteiger partial charge in [0.05, 0.1) is 5.56 Å². The van der Waals surface area contributed by atoms with E-state index >= 15 is 0 Å². The Hall–Kier alpha value is -1.31. The first-order valence-corrected chi connectivity index (χ1v) is 6.59. The van der Waals surface area contributed by atoms with Gasteiger partial charge in [-0.1, -0.05) is 25.5 Å². The third-order valence-electron chi connectivity index (χ3n) is 3.30. The van der Waals surface area contributed by atoms with E-state index in [0.29, 0.717) is 5.56 Å². The molecule has 17 heavy (non-hydrogen) atoms. The number of carbonyl (C=O) groups is 1. The van der Waals surface area contributed by atoms with Crippen LogP contribution in [0.25, 0.3) is 0 Å².